The van der Waals surface area contributed by atoms with Crippen molar-refractivity contribution in [3.8, 4) is 5.75 Å². The standard InChI is InChI=1S/C13H12ClN3O5S/c1-8-5-10(17(18)19)7-15-13(8)16-23(20,21)12-6-9(14)3-4-11(12)22-2/h3-7H,1-2H3,(H,15,16). The molecule has 23 heavy (non-hydrogen) atoms. The summed E-state index contributed by atoms with van der Waals surface area (Å²) in [5.74, 6) is 0.0964. The molecule has 0 aliphatic carbocycles. The molecule has 8 nitrogen and oxygen atoms in total. The molecule has 0 aliphatic heterocycles. The van der Waals surface area contributed by atoms with Crippen molar-refractivity contribution in [2.45, 2.75) is 11.8 Å². The summed E-state index contributed by atoms with van der Waals surface area (Å²) in [4.78, 5) is 13.7. The van der Waals surface area contributed by atoms with Crippen LogP contribution in [0.3, 0.4) is 0 Å². The van der Waals surface area contributed by atoms with Crippen LogP contribution in [0.2, 0.25) is 5.02 Å². The molecule has 10 heteroatoms. The van der Waals surface area contributed by atoms with Crippen molar-refractivity contribution in [2.75, 3.05) is 11.8 Å². The van der Waals surface area contributed by atoms with Crippen molar-refractivity contribution < 1.29 is 18.1 Å². The van der Waals surface area contributed by atoms with Gasteiger partial charge in [-0.25, -0.2) is 13.4 Å². The van der Waals surface area contributed by atoms with E-state index in [1.807, 2.05) is 0 Å². The van der Waals surface area contributed by atoms with Crippen molar-refractivity contribution in [2.24, 2.45) is 0 Å². The zero-order valence-corrected chi connectivity index (χ0v) is 13.7. The molecule has 0 bridgehead atoms. The van der Waals surface area contributed by atoms with Crippen LogP contribution >= 0.6 is 11.6 Å². The number of benzene rings is 1. The normalized spacial score (nSPS) is 11.1. The van der Waals surface area contributed by atoms with Crippen molar-refractivity contribution in [1.82, 2.24) is 4.98 Å². The van der Waals surface area contributed by atoms with Crippen LogP contribution in [0, 0.1) is 17.0 Å². The van der Waals surface area contributed by atoms with Gasteiger partial charge in [-0.15, -0.1) is 0 Å². The maximum absolute atomic E-state index is 12.5. The third-order valence-electron chi connectivity index (χ3n) is 2.92. The van der Waals surface area contributed by atoms with Gasteiger partial charge < -0.3 is 4.74 Å². The Morgan fingerprint density at radius 2 is 2.04 bits per heavy atom. The zero-order chi connectivity index (χ0) is 17.2. The first kappa shape index (κ1) is 17.0. The molecule has 0 radical (unpaired) electrons. The highest BCUT2D eigenvalue weighted by atomic mass is 35.5. The van der Waals surface area contributed by atoms with Gasteiger partial charge in [-0.2, -0.15) is 0 Å². The van der Waals surface area contributed by atoms with Crippen molar-refractivity contribution in [3.05, 3.63) is 51.2 Å². The monoisotopic (exact) mass is 357 g/mol. The highest BCUT2D eigenvalue weighted by molar-refractivity contribution is 7.92. The number of aromatic nitrogens is 1. The molecule has 2 rings (SSSR count). The molecule has 2 aromatic rings. The number of pyridine rings is 1. The Labute approximate surface area is 137 Å². The number of nitrogens with zero attached hydrogens (tertiary/aromatic N) is 2. The first-order chi connectivity index (χ1) is 10.7. The third-order valence-corrected chi connectivity index (χ3v) is 4.52. The molecule has 0 atom stereocenters. The number of sulfonamides is 1. The number of methoxy groups -OCH3 is 1. The molecular weight excluding hydrogens is 346 g/mol. The molecule has 0 amide bonds. The van der Waals surface area contributed by atoms with Crippen LogP contribution in [0.5, 0.6) is 5.75 Å². The SMILES string of the molecule is COc1ccc(Cl)cc1S(=O)(=O)Nc1ncc([N+](=O)[O-])cc1C. The number of anilines is 1. The summed E-state index contributed by atoms with van der Waals surface area (Å²) in [5, 5.41) is 10.9. The van der Waals surface area contributed by atoms with Crippen LogP contribution in [-0.4, -0.2) is 25.4 Å². The Hall–Kier alpha value is -2.39. The molecule has 0 saturated carbocycles. The summed E-state index contributed by atoms with van der Waals surface area (Å²) in [6.07, 6.45) is 0.972. The molecule has 0 spiro atoms. The molecule has 0 saturated heterocycles. The molecule has 1 aromatic heterocycles. The minimum Gasteiger partial charge on any atom is -0.495 e. The molecule has 0 aliphatic rings. The zero-order valence-electron chi connectivity index (χ0n) is 12.1. The van der Waals surface area contributed by atoms with E-state index < -0.39 is 14.9 Å². The Kier molecular flexibility index (Phi) is 4.71. The summed E-state index contributed by atoms with van der Waals surface area (Å²) in [5.41, 5.74) is 0.0783. The molecule has 0 unspecified atom stereocenters. The van der Waals surface area contributed by atoms with Crippen molar-refractivity contribution in [1.29, 1.82) is 0 Å². The molecule has 122 valence electrons. The van der Waals surface area contributed by atoms with Gasteiger partial charge in [0.05, 0.1) is 12.0 Å². The van der Waals surface area contributed by atoms with E-state index in [0.717, 1.165) is 6.20 Å². The molecule has 1 heterocycles. The lowest BCUT2D eigenvalue weighted by Crippen LogP contribution is -2.16. The summed E-state index contributed by atoms with van der Waals surface area (Å²) >= 11 is 5.83. The van der Waals surface area contributed by atoms with Gasteiger partial charge in [-0.3, -0.25) is 14.8 Å². The fourth-order valence-corrected chi connectivity index (χ4v) is 3.32. The number of nitrogens with one attached hydrogen (secondary N) is 1. The Balaban J connectivity index is 2.43. The van der Waals surface area contributed by atoms with Gasteiger partial charge in [-0.1, -0.05) is 11.6 Å². The lowest BCUT2D eigenvalue weighted by molar-refractivity contribution is -0.385. The predicted molar refractivity (Wildman–Crippen MR) is 84.4 cm³/mol. The summed E-state index contributed by atoms with van der Waals surface area (Å²) in [7, 11) is -2.69. The Morgan fingerprint density at radius 1 is 1.35 bits per heavy atom. The van der Waals surface area contributed by atoms with Gasteiger partial charge >= 0.3 is 0 Å². The number of rotatable bonds is 5. The van der Waals surface area contributed by atoms with Crippen LogP contribution < -0.4 is 9.46 Å². The highest BCUT2D eigenvalue weighted by Crippen LogP contribution is 2.29. The van der Waals surface area contributed by atoms with Crippen LogP contribution in [0.25, 0.3) is 0 Å². The Bertz CT molecular complexity index is 870. The van der Waals surface area contributed by atoms with Gasteiger partial charge in [-0.05, 0) is 30.7 Å². The maximum Gasteiger partial charge on any atom is 0.287 e. The van der Waals surface area contributed by atoms with E-state index in [1.54, 1.807) is 0 Å². The topological polar surface area (TPSA) is 111 Å². The largest absolute Gasteiger partial charge is 0.495 e. The second kappa shape index (κ2) is 6.39. The number of ether oxygens (including phenoxy) is 1. The number of halogens is 1. The Morgan fingerprint density at radius 3 is 2.61 bits per heavy atom. The second-order valence-corrected chi connectivity index (χ2v) is 6.60. The van der Waals surface area contributed by atoms with Gasteiger partial charge in [0, 0.05) is 11.1 Å². The number of hydrogen-bond donors (Lipinski definition) is 1. The van der Waals surface area contributed by atoms with Crippen LogP contribution in [0.4, 0.5) is 11.5 Å². The predicted octanol–water partition coefficient (Wildman–Crippen LogP) is 2.76. The molecule has 0 fully saturated rings. The van der Waals surface area contributed by atoms with Gasteiger partial charge in [0.15, 0.2) is 0 Å². The molecule has 1 aromatic carbocycles. The third kappa shape index (κ3) is 3.69. The van der Waals surface area contributed by atoms with Crippen LogP contribution in [-0.2, 0) is 10.0 Å². The molecule has 1 N–H and O–H groups in total. The second-order valence-electron chi connectivity index (χ2n) is 4.52. The van der Waals surface area contributed by atoms with E-state index in [0.29, 0.717) is 5.56 Å². The first-order valence-corrected chi connectivity index (χ1v) is 8.08. The summed E-state index contributed by atoms with van der Waals surface area (Å²) in [6.45, 7) is 1.51. The van der Waals surface area contributed by atoms with E-state index in [-0.39, 0.29) is 27.2 Å². The number of nitro groups is 1. The quantitative estimate of drug-likeness (QED) is 0.650. The van der Waals surface area contributed by atoms with E-state index in [4.69, 9.17) is 16.3 Å². The van der Waals surface area contributed by atoms with E-state index in [9.17, 15) is 18.5 Å². The molecular formula is C13H12ClN3O5S. The lowest BCUT2D eigenvalue weighted by Gasteiger charge is -2.12. The lowest BCUT2D eigenvalue weighted by atomic mass is 10.3. The van der Waals surface area contributed by atoms with Gasteiger partial charge in [0.2, 0.25) is 0 Å². The highest BCUT2D eigenvalue weighted by Gasteiger charge is 2.22. The van der Waals surface area contributed by atoms with E-state index in [1.165, 1.54) is 38.3 Å². The fraction of sp³-hybridized carbons (Fsp3) is 0.154. The average Bonchev–Trinajstić information content (AvgIpc) is 2.49. The fourth-order valence-electron chi connectivity index (χ4n) is 1.81. The van der Waals surface area contributed by atoms with Gasteiger partial charge in [0.25, 0.3) is 15.7 Å². The maximum atomic E-state index is 12.5. The number of aryl methyl sites for hydroxylation is 1. The summed E-state index contributed by atoms with van der Waals surface area (Å²) < 4.78 is 32.3. The smallest absolute Gasteiger partial charge is 0.287 e. The van der Waals surface area contributed by atoms with E-state index >= 15 is 0 Å². The van der Waals surface area contributed by atoms with Crippen molar-refractivity contribution >= 4 is 33.1 Å². The first-order valence-electron chi connectivity index (χ1n) is 6.22. The van der Waals surface area contributed by atoms with E-state index in [2.05, 4.69) is 9.71 Å². The van der Waals surface area contributed by atoms with Crippen LogP contribution in [0.15, 0.2) is 35.4 Å². The number of hydrogen-bond acceptors (Lipinski definition) is 6. The minimum absolute atomic E-state index is 0.0161. The average molecular weight is 358 g/mol. The van der Waals surface area contributed by atoms with Crippen molar-refractivity contribution in [3.63, 3.8) is 0 Å². The van der Waals surface area contributed by atoms with Gasteiger partial charge in [0.1, 0.15) is 22.7 Å². The summed E-state index contributed by atoms with van der Waals surface area (Å²) in [6, 6.07) is 5.38. The minimum atomic E-state index is -4.03. The van der Waals surface area contributed by atoms with Crippen LogP contribution in [0.1, 0.15) is 5.56 Å².